The highest BCUT2D eigenvalue weighted by atomic mass is 17.0. The summed E-state index contributed by atoms with van der Waals surface area (Å²) in [5.74, 6) is 4.49. The van der Waals surface area contributed by atoms with E-state index in [0.717, 1.165) is 6.34 Å². The van der Waals surface area contributed by atoms with Crippen LogP contribution in [0.4, 0.5) is 0 Å². The highest BCUT2D eigenvalue weighted by Gasteiger charge is 1.43. The van der Waals surface area contributed by atoms with Gasteiger partial charge in [-0.05, 0) is 0 Å². The summed E-state index contributed by atoms with van der Waals surface area (Å²) in [6.45, 7) is 0. The summed E-state index contributed by atoms with van der Waals surface area (Å²) in [4.78, 5) is 0. The molecule has 0 aliphatic carbocycles. The first-order chi connectivity index (χ1) is 3.41. The second kappa shape index (κ2) is 20.1. The average Bonchev–Trinajstić information content (AvgIpc) is 1.75. The van der Waals surface area contributed by atoms with Crippen molar-refractivity contribution < 1.29 is 10.5 Å². The molecule has 0 heterocycles. The predicted octanol–water partition coefficient (Wildman–Crippen LogP) is -0.0632. The van der Waals surface area contributed by atoms with Crippen molar-refractivity contribution in [3.8, 4) is 0 Å². The standard InChI is InChI=1S/CH4N4.H2O2/c2-4-1-5-3;1-2/h1-2H,3H2;1-2H. The Morgan fingerprint density at radius 1 is 1.57 bits per heavy atom. The zero-order valence-electron chi connectivity index (χ0n) is 3.44. The minimum Gasteiger partial charge on any atom is -0.322 e. The first-order valence-corrected chi connectivity index (χ1v) is 1.20. The van der Waals surface area contributed by atoms with Gasteiger partial charge in [0.1, 0.15) is 0 Å². The topological polar surface area (TPSA) is 115 Å². The smallest absolute Gasteiger partial charge is 0.156 e. The molecule has 0 aliphatic heterocycles. The van der Waals surface area contributed by atoms with Crippen LogP contribution in [0.2, 0.25) is 0 Å². The normalized spacial score (nSPS) is 7.14. The molecule has 5 N–H and O–H groups in total. The van der Waals surface area contributed by atoms with Crippen molar-refractivity contribution in [2.75, 3.05) is 0 Å². The molecule has 0 fully saturated rings. The minimum atomic E-state index is 0.944. The van der Waals surface area contributed by atoms with Gasteiger partial charge >= 0.3 is 0 Å². The summed E-state index contributed by atoms with van der Waals surface area (Å²) in [7, 11) is 0. The van der Waals surface area contributed by atoms with Gasteiger partial charge in [0, 0.05) is 0 Å². The second-order valence-corrected chi connectivity index (χ2v) is 0.394. The summed E-state index contributed by atoms with van der Waals surface area (Å²) in [5, 5.41) is 17.6. The molecule has 6 heteroatoms. The Kier molecular flexibility index (Phi) is 26.8. The van der Waals surface area contributed by atoms with E-state index >= 15 is 0 Å². The van der Waals surface area contributed by atoms with Gasteiger partial charge in [-0.1, -0.05) is 0 Å². The fraction of sp³-hybridized carbons (Fsp3) is 0. The van der Waals surface area contributed by atoms with Crippen molar-refractivity contribution >= 4 is 6.34 Å². The first-order valence-electron chi connectivity index (χ1n) is 1.20. The molecule has 0 unspecified atom stereocenters. The van der Waals surface area contributed by atoms with Crippen molar-refractivity contribution in [3.63, 3.8) is 0 Å². The van der Waals surface area contributed by atoms with Gasteiger partial charge in [-0.15, -0.1) is 5.11 Å². The number of nitrogens with two attached hydrogens (primary N) is 1. The Morgan fingerprint density at radius 2 is 2.00 bits per heavy atom. The van der Waals surface area contributed by atoms with Crippen LogP contribution in [-0.2, 0) is 0 Å². The lowest BCUT2D eigenvalue weighted by atomic mass is 11.4. The van der Waals surface area contributed by atoms with E-state index in [4.69, 9.17) is 16.0 Å². The molecule has 7 heavy (non-hydrogen) atoms. The van der Waals surface area contributed by atoms with E-state index in [1.807, 2.05) is 0 Å². The Morgan fingerprint density at radius 3 is 2.00 bits per heavy atom. The van der Waals surface area contributed by atoms with Gasteiger partial charge in [-0.25, -0.2) is 5.53 Å². The van der Waals surface area contributed by atoms with Crippen LogP contribution in [0.1, 0.15) is 0 Å². The molecule has 0 aromatic rings. The molecule has 0 aromatic carbocycles. The quantitative estimate of drug-likeness (QED) is 0.0936. The summed E-state index contributed by atoms with van der Waals surface area (Å²) < 4.78 is 0. The number of nitrogens with one attached hydrogen (secondary N) is 1. The molecule has 0 bridgehead atoms. The highest BCUT2D eigenvalue weighted by molar-refractivity contribution is 5.52. The van der Waals surface area contributed by atoms with E-state index in [2.05, 4.69) is 16.1 Å². The van der Waals surface area contributed by atoms with Crippen LogP contribution >= 0.6 is 0 Å². The van der Waals surface area contributed by atoms with E-state index in [1.54, 1.807) is 0 Å². The van der Waals surface area contributed by atoms with Crippen LogP contribution in [0.15, 0.2) is 10.2 Å². The summed E-state index contributed by atoms with van der Waals surface area (Å²) in [5.41, 5.74) is 6.00. The maximum absolute atomic E-state index is 6.00. The van der Waals surface area contributed by atoms with E-state index in [1.165, 1.54) is 0 Å². The second-order valence-electron chi connectivity index (χ2n) is 0.394. The third kappa shape index (κ3) is 45.5. The molecule has 42 valence electrons. The molecular formula is CH6N4O2. The molecular weight excluding hydrogens is 100 g/mol. The lowest BCUT2D eigenvalue weighted by molar-refractivity contribution is -0.176. The average molecular weight is 106 g/mol. The highest BCUT2D eigenvalue weighted by Crippen LogP contribution is 1.44. The van der Waals surface area contributed by atoms with Gasteiger partial charge in [0.15, 0.2) is 6.34 Å². The lowest BCUT2D eigenvalue weighted by Gasteiger charge is -1.58. The number of hydrogen-bond acceptors (Lipinski definition) is 5. The van der Waals surface area contributed by atoms with E-state index < -0.39 is 0 Å². The predicted molar refractivity (Wildman–Crippen MR) is 23.1 cm³/mol. The molecule has 0 radical (unpaired) electrons. The van der Waals surface area contributed by atoms with Crippen molar-refractivity contribution in [1.29, 1.82) is 5.53 Å². The molecule has 0 aliphatic rings. The van der Waals surface area contributed by atoms with Crippen molar-refractivity contribution in [3.05, 3.63) is 0 Å². The Labute approximate surface area is 39.7 Å². The van der Waals surface area contributed by atoms with Gasteiger partial charge in [0.05, 0.1) is 0 Å². The Bertz CT molecular complexity index is 51.7. The maximum atomic E-state index is 6.00. The zero-order chi connectivity index (χ0) is 6.12. The van der Waals surface area contributed by atoms with Crippen molar-refractivity contribution in [1.82, 2.24) is 0 Å². The number of nitrogens with zero attached hydrogens (tertiary/aromatic N) is 2. The molecule has 0 amide bonds. The molecule has 0 saturated heterocycles. The fourth-order valence-electron chi connectivity index (χ4n) is 0.0333. The first kappa shape index (κ1) is 9.37. The van der Waals surface area contributed by atoms with E-state index in [-0.39, 0.29) is 0 Å². The molecule has 6 nitrogen and oxygen atoms in total. The fourth-order valence-corrected chi connectivity index (χ4v) is 0.0333. The summed E-state index contributed by atoms with van der Waals surface area (Å²) in [6.07, 6.45) is 0.944. The molecule has 0 atom stereocenters. The zero-order valence-corrected chi connectivity index (χ0v) is 3.44. The summed E-state index contributed by atoms with van der Waals surface area (Å²) >= 11 is 0. The van der Waals surface area contributed by atoms with E-state index in [9.17, 15) is 0 Å². The number of hydrazone groups is 1. The third-order valence-corrected chi connectivity index (χ3v) is 0.124. The van der Waals surface area contributed by atoms with Crippen LogP contribution in [0.3, 0.4) is 0 Å². The van der Waals surface area contributed by atoms with Gasteiger partial charge in [-0.2, -0.15) is 5.10 Å². The van der Waals surface area contributed by atoms with E-state index in [0.29, 0.717) is 0 Å². The van der Waals surface area contributed by atoms with Gasteiger partial charge in [0.25, 0.3) is 0 Å². The molecule has 0 rings (SSSR count). The Hall–Kier alpha value is -1.01. The van der Waals surface area contributed by atoms with Crippen molar-refractivity contribution in [2.24, 2.45) is 16.1 Å². The monoisotopic (exact) mass is 106 g/mol. The van der Waals surface area contributed by atoms with Crippen LogP contribution < -0.4 is 5.84 Å². The van der Waals surface area contributed by atoms with Gasteiger partial charge in [-0.3, -0.25) is 10.5 Å². The van der Waals surface area contributed by atoms with Crippen LogP contribution in [-0.4, -0.2) is 16.9 Å². The maximum Gasteiger partial charge on any atom is 0.156 e. The van der Waals surface area contributed by atoms with Crippen molar-refractivity contribution in [2.45, 2.75) is 0 Å². The van der Waals surface area contributed by atoms with Gasteiger partial charge in [0.2, 0.25) is 0 Å². The molecule has 0 saturated carbocycles. The SMILES string of the molecule is N=NC=NN.OO. The number of rotatable bonds is 1. The molecule has 0 spiro atoms. The largest absolute Gasteiger partial charge is 0.322 e. The lowest BCUT2D eigenvalue weighted by Crippen LogP contribution is -1.75. The van der Waals surface area contributed by atoms with Crippen LogP contribution in [0, 0.1) is 5.53 Å². The van der Waals surface area contributed by atoms with Crippen LogP contribution in [0.25, 0.3) is 0 Å². The number of hydrogen-bond donors (Lipinski definition) is 4. The van der Waals surface area contributed by atoms with Crippen LogP contribution in [0.5, 0.6) is 0 Å². The molecule has 0 aromatic heterocycles. The minimum absolute atomic E-state index is 0.944. The third-order valence-electron chi connectivity index (χ3n) is 0.124. The summed E-state index contributed by atoms with van der Waals surface area (Å²) in [6, 6.07) is 0. The Balaban J connectivity index is 0. The van der Waals surface area contributed by atoms with Gasteiger partial charge < -0.3 is 5.84 Å².